The summed E-state index contributed by atoms with van der Waals surface area (Å²) in [5, 5.41) is 18.8. The van der Waals surface area contributed by atoms with Crippen molar-refractivity contribution >= 4 is 11.9 Å². The van der Waals surface area contributed by atoms with E-state index in [9.17, 15) is 14.0 Å². The van der Waals surface area contributed by atoms with Gasteiger partial charge in [0.15, 0.2) is 0 Å². The molecule has 1 aliphatic rings. The number of hydrogen-bond donors (Lipinski definition) is 4. The monoisotopic (exact) mass is 266 g/mol. The van der Waals surface area contributed by atoms with Gasteiger partial charge in [-0.2, -0.15) is 0 Å². The third-order valence-electron chi connectivity index (χ3n) is 1.97. The lowest BCUT2D eigenvalue weighted by Gasteiger charge is -1.99. The van der Waals surface area contributed by atoms with Crippen LogP contribution in [0.5, 0.6) is 0 Å². The van der Waals surface area contributed by atoms with Crippen molar-refractivity contribution in [1.82, 2.24) is 5.32 Å². The van der Waals surface area contributed by atoms with E-state index in [4.69, 9.17) is 15.9 Å². The number of rotatable bonds is 4. The molecular formula is C11H23FN2O4. The Hall–Kier alpha value is -1.21. The molecule has 1 fully saturated rings. The minimum absolute atomic E-state index is 0.106. The van der Waals surface area contributed by atoms with Crippen LogP contribution in [0.25, 0.3) is 0 Å². The number of nitrogens with two attached hydrogens (primary N) is 1. The highest BCUT2D eigenvalue weighted by Gasteiger charge is 2.28. The summed E-state index contributed by atoms with van der Waals surface area (Å²) in [5.41, 5.74) is 5.01. The van der Waals surface area contributed by atoms with Gasteiger partial charge in [-0.3, -0.25) is 9.59 Å². The van der Waals surface area contributed by atoms with Crippen LogP contribution in [0.4, 0.5) is 4.39 Å². The molecule has 7 heteroatoms. The van der Waals surface area contributed by atoms with Crippen LogP contribution in [-0.4, -0.2) is 47.5 Å². The molecule has 0 aromatic heterocycles. The van der Waals surface area contributed by atoms with Crippen molar-refractivity contribution in [3.8, 4) is 0 Å². The average molecular weight is 266 g/mol. The lowest BCUT2D eigenvalue weighted by molar-refractivity contribution is -0.139. The summed E-state index contributed by atoms with van der Waals surface area (Å²) in [4.78, 5) is 19.8. The number of nitrogens with one attached hydrogen (secondary N) is 1. The van der Waals surface area contributed by atoms with E-state index in [1.54, 1.807) is 0 Å². The zero-order valence-corrected chi connectivity index (χ0v) is 10.9. The Kier molecular flexibility index (Phi) is 13.0. The Morgan fingerprint density at radius 1 is 1.39 bits per heavy atom. The van der Waals surface area contributed by atoms with Crippen molar-refractivity contribution < 1.29 is 24.2 Å². The van der Waals surface area contributed by atoms with Crippen LogP contribution in [-0.2, 0) is 9.59 Å². The Bertz CT molecular complexity index is 239. The highest BCUT2D eigenvalue weighted by atomic mass is 19.1. The average Bonchev–Trinajstić information content (AvgIpc) is 2.77. The largest absolute Gasteiger partial charge is 0.481 e. The zero-order valence-electron chi connectivity index (χ0n) is 10.9. The van der Waals surface area contributed by atoms with Crippen molar-refractivity contribution in [3.05, 3.63) is 0 Å². The van der Waals surface area contributed by atoms with E-state index in [0.717, 1.165) is 0 Å². The molecule has 1 saturated heterocycles. The first kappa shape index (κ1) is 19.1. The van der Waals surface area contributed by atoms with E-state index in [2.05, 4.69) is 5.32 Å². The van der Waals surface area contributed by atoms with E-state index < -0.39 is 24.2 Å². The second-order valence-electron chi connectivity index (χ2n) is 3.42. The molecule has 2 atom stereocenters. The van der Waals surface area contributed by atoms with Gasteiger partial charge >= 0.3 is 11.9 Å². The van der Waals surface area contributed by atoms with Crippen molar-refractivity contribution in [2.24, 2.45) is 5.73 Å². The Labute approximate surface area is 106 Å². The molecule has 1 aliphatic heterocycles. The maximum Gasteiger partial charge on any atom is 0.320 e. The fraction of sp³-hybridized carbons (Fsp3) is 0.818. The topological polar surface area (TPSA) is 113 Å². The Morgan fingerprint density at radius 2 is 1.94 bits per heavy atom. The van der Waals surface area contributed by atoms with Crippen LogP contribution < -0.4 is 11.1 Å². The second-order valence-corrected chi connectivity index (χ2v) is 3.42. The van der Waals surface area contributed by atoms with Crippen molar-refractivity contribution in [2.45, 2.75) is 45.3 Å². The molecular weight excluding hydrogens is 243 g/mol. The summed E-state index contributed by atoms with van der Waals surface area (Å²) in [6.07, 6.45) is -0.104. The smallest absolute Gasteiger partial charge is 0.320 e. The van der Waals surface area contributed by atoms with E-state index in [1.165, 1.54) is 0 Å². The van der Waals surface area contributed by atoms with Gasteiger partial charge < -0.3 is 21.3 Å². The van der Waals surface area contributed by atoms with Gasteiger partial charge in [0.1, 0.15) is 12.2 Å². The lowest BCUT2D eigenvalue weighted by atomic mass is 10.2. The quantitative estimate of drug-likeness (QED) is 0.593. The van der Waals surface area contributed by atoms with E-state index in [0.29, 0.717) is 13.0 Å². The van der Waals surface area contributed by atoms with Crippen LogP contribution in [0.1, 0.15) is 33.1 Å². The van der Waals surface area contributed by atoms with Gasteiger partial charge in [0, 0.05) is 19.4 Å². The fourth-order valence-electron chi connectivity index (χ4n) is 1.13. The highest BCUT2D eigenvalue weighted by Crippen LogP contribution is 2.09. The molecule has 1 unspecified atom stereocenters. The Balaban J connectivity index is 0. The second kappa shape index (κ2) is 12.3. The van der Waals surface area contributed by atoms with E-state index in [1.807, 2.05) is 13.8 Å². The van der Waals surface area contributed by atoms with Gasteiger partial charge in [0.25, 0.3) is 0 Å². The predicted molar refractivity (Wildman–Crippen MR) is 66.2 cm³/mol. The van der Waals surface area contributed by atoms with Crippen LogP contribution in [0.3, 0.4) is 0 Å². The standard InChI is InChI=1S/C5H8FNO2.C4H9NO2.C2H6/c6-3-1-4(5(8)9)7-2-3;5-3-1-2-4(6)7;1-2/h3-4,7H,1-2H2,(H,8,9);1-3,5H2,(H,6,7);1-2H3/t3?,4-;;/m0../s1. The molecule has 18 heavy (non-hydrogen) atoms. The first-order valence-corrected chi connectivity index (χ1v) is 5.99. The third-order valence-corrected chi connectivity index (χ3v) is 1.97. The predicted octanol–water partition coefficient (Wildman–Crippen LogP) is 0.607. The van der Waals surface area contributed by atoms with Gasteiger partial charge in [0.05, 0.1) is 0 Å². The first-order chi connectivity index (χ1) is 8.47. The number of hydrogen-bond acceptors (Lipinski definition) is 4. The van der Waals surface area contributed by atoms with Gasteiger partial charge in [-0.05, 0) is 13.0 Å². The zero-order chi connectivity index (χ0) is 14.6. The van der Waals surface area contributed by atoms with Crippen LogP contribution in [0.15, 0.2) is 0 Å². The maximum atomic E-state index is 12.2. The molecule has 0 radical (unpaired) electrons. The van der Waals surface area contributed by atoms with Crippen molar-refractivity contribution in [1.29, 1.82) is 0 Å². The molecule has 6 nitrogen and oxygen atoms in total. The molecule has 1 heterocycles. The van der Waals surface area contributed by atoms with Gasteiger partial charge in [-0.1, -0.05) is 13.8 Å². The molecule has 0 saturated carbocycles. The van der Waals surface area contributed by atoms with Gasteiger partial charge in [0.2, 0.25) is 0 Å². The van der Waals surface area contributed by atoms with E-state index >= 15 is 0 Å². The minimum Gasteiger partial charge on any atom is -0.481 e. The summed E-state index contributed by atoms with van der Waals surface area (Å²) >= 11 is 0. The number of carboxylic acid groups (broad SMARTS) is 2. The first-order valence-electron chi connectivity index (χ1n) is 5.99. The van der Waals surface area contributed by atoms with Crippen molar-refractivity contribution in [2.75, 3.05) is 13.1 Å². The molecule has 108 valence electrons. The molecule has 0 aliphatic carbocycles. The third kappa shape index (κ3) is 11.3. The van der Waals surface area contributed by atoms with Gasteiger partial charge in [-0.25, -0.2) is 4.39 Å². The fourth-order valence-corrected chi connectivity index (χ4v) is 1.13. The summed E-state index contributed by atoms with van der Waals surface area (Å²) < 4.78 is 12.2. The van der Waals surface area contributed by atoms with E-state index in [-0.39, 0.29) is 19.4 Å². The number of aliphatic carboxylic acids is 2. The summed E-state index contributed by atoms with van der Waals surface area (Å²) in [6.45, 7) is 4.64. The molecule has 5 N–H and O–H groups in total. The lowest BCUT2D eigenvalue weighted by Crippen LogP contribution is -2.29. The minimum atomic E-state index is -0.980. The molecule has 0 aromatic carbocycles. The van der Waals surface area contributed by atoms with Crippen LogP contribution in [0, 0.1) is 0 Å². The number of carboxylic acids is 2. The molecule has 0 spiro atoms. The summed E-state index contributed by atoms with van der Waals surface area (Å²) in [6, 6.07) is -0.667. The van der Waals surface area contributed by atoms with Gasteiger partial charge in [-0.15, -0.1) is 0 Å². The Morgan fingerprint density at radius 3 is 2.11 bits per heavy atom. The SMILES string of the molecule is CC.NCCCC(=O)O.O=C(O)[C@@H]1CC(F)CN1. The molecule has 1 rings (SSSR count). The van der Waals surface area contributed by atoms with Crippen LogP contribution in [0.2, 0.25) is 0 Å². The molecule has 0 aromatic rings. The maximum absolute atomic E-state index is 12.2. The summed E-state index contributed by atoms with van der Waals surface area (Å²) in [7, 11) is 0. The number of halogens is 1. The molecule has 0 bridgehead atoms. The molecule has 0 amide bonds. The number of carbonyl (C=O) groups is 2. The highest BCUT2D eigenvalue weighted by molar-refractivity contribution is 5.73. The van der Waals surface area contributed by atoms with Crippen LogP contribution >= 0.6 is 0 Å². The number of alkyl halides is 1. The summed E-state index contributed by atoms with van der Waals surface area (Å²) in [5.74, 6) is -1.74. The normalized spacial score (nSPS) is 21.1. The van der Waals surface area contributed by atoms with Crippen molar-refractivity contribution in [3.63, 3.8) is 0 Å².